The highest BCUT2D eigenvalue weighted by Gasteiger charge is 2.37. The van der Waals surface area contributed by atoms with Crippen LogP contribution in [0.4, 0.5) is 23.2 Å². The number of nitrogens with zero attached hydrogens (tertiary/aromatic N) is 1. The van der Waals surface area contributed by atoms with Gasteiger partial charge in [0.05, 0.1) is 38.5 Å². The molecule has 1 amide bonds. The number of halogens is 5. The monoisotopic (exact) mass is 540 g/mol. The van der Waals surface area contributed by atoms with Gasteiger partial charge in [-0.2, -0.15) is 13.2 Å². The van der Waals surface area contributed by atoms with Crippen molar-refractivity contribution in [3.63, 3.8) is 0 Å². The molecule has 1 aliphatic rings. The third-order valence-electron chi connectivity index (χ3n) is 6.11. The fourth-order valence-corrected chi connectivity index (χ4v) is 6.40. The van der Waals surface area contributed by atoms with E-state index < -0.39 is 50.7 Å². The largest absolute Gasteiger partial charge is 0.416 e. The molecule has 0 radical (unpaired) electrons. The molecule has 36 heavy (non-hydrogen) atoms. The van der Waals surface area contributed by atoms with Crippen LogP contribution in [0.3, 0.4) is 0 Å². The molecule has 3 aromatic rings. The molecule has 1 aliphatic heterocycles. The van der Waals surface area contributed by atoms with Gasteiger partial charge in [-0.3, -0.25) is 4.79 Å². The molecule has 190 valence electrons. The van der Waals surface area contributed by atoms with Gasteiger partial charge in [0.2, 0.25) is 0 Å². The minimum absolute atomic E-state index is 0.197. The van der Waals surface area contributed by atoms with Crippen molar-refractivity contribution in [2.24, 2.45) is 5.73 Å². The van der Waals surface area contributed by atoms with Crippen LogP contribution in [0.5, 0.6) is 0 Å². The zero-order chi connectivity index (χ0) is 26.3. The number of alkyl halides is 3. The number of primary amides is 1. The lowest BCUT2D eigenvalue weighted by molar-refractivity contribution is -0.137. The Kier molecular flexibility index (Phi) is 7.03. The SMILES string of the molecule is NC(=O)c1ccc(S(=O)(=O)Cc2ccccc2)c(C2CCCN2c2ccc(C(F)(F)F)cc2Cl)c1F. The second-order valence-corrected chi connectivity index (χ2v) is 10.8. The first kappa shape index (κ1) is 26.0. The molecule has 4 rings (SSSR count). The van der Waals surface area contributed by atoms with Crippen molar-refractivity contribution in [1.82, 2.24) is 0 Å². The highest BCUT2D eigenvalue weighted by atomic mass is 35.5. The van der Waals surface area contributed by atoms with Crippen LogP contribution in [-0.4, -0.2) is 20.9 Å². The second kappa shape index (κ2) is 9.74. The van der Waals surface area contributed by atoms with Crippen LogP contribution in [0.2, 0.25) is 5.02 Å². The van der Waals surface area contributed by atoms with Crippen molar-refractivity contribution >= 4 is 33.0 Å². The first-order chi connectivity index (χ1) is 16.9. The zero-order valence-electron chi connectivity index (χ0n) is 18.7. The second-order valence-electron chi connectivity index (χ2n) is 8.46. The number of anilines is 1. The Balaban J connectivity index is 1.84. The Bertz CT molecular complexity index is 1410. The van der Waals surface area contributed by atoms with Crippen molar-refractivity contribution in [1.29, 1.82) is 0 Å². The van der Waals surface area contributed by atoms with E-state index in [1.54, 1.807) is 35.2 Å². The molecular weight excluding hydrogens is 520 g/mol. The summed E-state index contributed by atoms with van der Waals surface area (Å²) in [6, 6.07) is 12.4. The lowest BCUT2D eigenvalue weighted by Gasteiger charge is -2.30. The summed E-state index contributed by atoms with van der Waals surface area (Å²) in [6.45, 7) is 0.286. The summed E-state index contributed by atoms with van der Waals surface area (Å²) >= 11 is 6.20. The van der Waals surface area contributed by atoms with Gasteiger partial charge in [-0.1, -0.05) is 41.9 Å². The molecule has 0 bridgehead atoms. The summed E-state index contributed by atoms with van der Waals surface area (Å²) in [5, 5.41) is -0.211. The number of nitrogens with two attached hydrogens (primary N) is 1. The van der Waals surface area contributed by atoms with E-state index in [1.807, 2.05) is 0 Å². The molecule has 1 heterocycles. The van der Waals surface area contributed by atoms with Crippen LogP contribution in [0.15, 0.2) is 65.6 Å². The maximum Gasteiger partial charge on any atom is 0.416 e. The van der Waals surface area contributed by atoms with E-state index in [9.17, 15) is 26.4 Å². The van der Waals surface area contributed by atoms with E-state index in [0.29, 0.717) is 12.0 Å². The lowest BCUT2D eigenvalue weighted by Crippen LogP contribution is -2.27. The summed E-state index contributed by atoms with van der Waals surface area (Å²) < 4.78 is 82.0. The fourth-order valence-electron chi connectivity index (χ4n) is 4.49. The van der Waals surface area contributed by atoms with Gasteiger partial charge in [-0.05, 0) is 48.7 Å². The normalized spacial score (nSPS) is 16.4. The van der Waals surface area contributed by atoms with Crippen molar-refractivity contribution in [2.75, 3.05) is 11.4 Å². The maximum atomic E-state index is 15.7. The lowest BCUT2D eigenvalue weighted by atomic mass is 9.99. The topological polar surface area (TPSA) is 80.5 Å². The summed E-state index contributed by atoms with van der Waals surface area (Å²) in [5.41, 5.74) is 4.33. The van der Waals surface area contributed by atoms with Gasteiger partial charge < -0.3 is 10.6 Å². The average molecular weight is 541 g/mol. The Morgan fingerprint density at radius 2 is 1.78 bits per heavy atom. The molecule has 0 aromatic heterocycles. The van der Waals surface area contributed by atoms with E-state index in [-0.39, 0.29) is 34.1 Å². The number of carbonyl (C=O) groups is 1. The van der Waals surface area contributed by atoms with Crippen LogP contribution in [0.1, 0.15) is 45.9 Å². The van der Waals surface area contributed by atoms with Crippen molar-refractivity contribution < 1.29 is 30.8 Å². The predicted molar refractivity (Wildman–Crippen MR) is 128 cm³/mol. The maximum absolute atomic E-state index is 15.7. The standard InChI is InChI=1S/C25H21ClF4N2O3S/c26-18-13-16(25(28,29)30)8-10-19(18)32-12-4-7-20(32)22-21(11-9-17(23(22)27)24(31)33)36(34,35)14-15-5-2-1-3-6-15/h1-3,5-6,8-11,13,20H,4,7,12,14H2,(H2,31,33). The Morgan fingerprint density at radius 1 is 1.08 bits per heavy atom. The van der Waals surface area contributed by atoms with Gasteiger partial charge >= 0.3 is 6.18 Å². The number of rotatable bonds is 6. The minimum Gasteiger partial charge on any atom is -0.366 e. The first-order valence-electron chi connectivity index (χ1n) is 10.9. The number of hydrogen-bond acceptors (Lipinski definition) is 4. The molecule has 1 unspecified atom stereocenters. The van der Waals surface area contributed by atoms with Gasteiger partial charge in [0.25, 0.3) is 5.91 Å². The number of benzene rings is 3. The molecule has 2 N–H and O–H groups in total. The highest BCUT2D eigenvalue weighted by Crippen LogP contribution is 2.44. The quantitative estimate of drug-likeness (QED) is 0.394. The van der Waals surface area contributed by atoms with Crippen molar-refractivity contribution in [2.45, 2.75) is 35.7 Å². The molecule has 0 spiro atoms. The van der Waals surface area contributed by atoms with Crippen molar-refractivity contribution in [3.05, 3.63) is 93.8 Å². The number of carbonyl (C=O) groups excluding carboxylic acids is 1. The van der Waals surface area contributed by atoms with Crippen LogP contribution in [-0.2, 0) is 21.8 Å². The number of sulfone groups is 1. The van der Waals surface area contributed by atoms with Gasteiger partial charge in [0.1, 0.15) is 5.82 Å². The summed E-state index contributed by atoms with van der Waals surface area (Å²) in [4.78, 5) is 13.1. The summed E-state index contributed by atoms with van der Waals surface area (Å²) in [7, 11) is -4.09. The van der Waals surface area contributed by atoms with E-state index in [2.05, 4.69) is 0 Å². The van der Waals surface area contributed by atoms with Gasteiger partial charge in [-0.25, -0.2) is 12.8 Å². The Morgan fingerprint density at radius 3 is 2.39 bits per heavy atom. The first-order valence-corrected chi connectivity index (χ1v) is 13.0. The van der Waals surface area contributed by atoms with Gasteiger partial charge in [0, 0.05) is 12.1 Å². The van der Waals surface area contributed by atoms with E-state index >= 15 is 4.39 Å². The van der Waals surface area contributed by atoms with Crippen molar-refractivity contribution in [3.8, 4) is 0 Å². The Labute approximate surface area is 210 Å². The predicted octanol–water partition coefficient (Wildman–Crippen LogP) is 5.91. The molecular formula is C25H21ClF4N2O3S. The van der Waals surface area contributed by atoms with Crippen LogP contribution >= 0.6 is 11.6 Å². The molecule has 0 saturated carbocycles. The smallest absolute Gasteiger partial charge is 0.366 e. The van der Waals surface area contributed by atoms with Crippen LogP contribution in [0.25, 0.3) is 0 Å². The average Bonchev–Trinajstić information content (AvgIpc) is 3.27. The third-order valence-corrected chi connectivity index (χ3v) is 8.15. The Hall–Kier alpha value is -3.11. The molecule has 1 atom stereocenters. The summed E-state index contributed by atoms with van der Waals surface area (Å²) in [6.07, 6.45) is -3.84. The molecule has 1 saturated heterocycles. The zero-order valence-corrected chi connectivity index (χ0v) is 20.3. The number of hydrogen-bond donors (Lipinski definition) is 1. The third kappa shape index (κ3) is 5.05. The van der Waals surface area contributed by atoms with Gasteiger partial charge in [0.15, 0.2) is 9.84 Å². The van der Waals surface area contributed by atoms with E-state index in [0.717, 1.165) is 24.3 Å². The molecule has 3 aromatic carbocycles. The molecule has 11 heteroatoms. The van der Waals surface area contributed by atoms with Crippen LogP contribution in [0, 0.1) is 5.82 Å². The number of amides is 1. The molecule has 1 fully saturated rings. The van der Waals surface area contributed by atoms with E-state index in [4.69, 9.17) is 17.3 Å². The summed E-state index contributed by atoms with van der Waals surface area (Å²) in [5.74, 6) is -2.56. The molecule has 5 nitrogen and oxygen atoms in total. The molecule has 0 aliphatic carbocycles. The minimum atomic E-state index is -4.60. The fraction of sp³-hybridized carbons (Fsp3) is 0.240. The highest BCUT2D eigenvalue weighted by molar-refractivity contribution is 7.90. The van der Waals surface area contributed by atoms with Gasteiger partial charge in [-0.15, -0.1) is 0 Å². The van der Waals surface area contributed by atoms with Crippen LogP contribution < -0.4 is 10.6 Å². The van der Waals surface area contributed by atoms with E-state index in [1.165, 1.54) is 6.07 Å².